The van der Waals surface area contributed by atoms with Crippen LogP contribution >= 0.6 is 0 Å². The van der Waals surface area contributed by atoms with E-state index in [9.17, 15) is 13.2 Å². The van der Waals surface area contributed by atoms with Gasteiger partial charge in [-0.05, 0) is 43.3 Å². The molecule has 1 heterocycles. The van der Waals surface area contributed by atoms with E-state index >= 15 is 0 Å². The number of carbonyl (C=O) groups excluding carboxylic acids is 1. The summed E-state index contributed by atoms with van der Waals surface area (Å²) in [5.41, 5.74) is 6.44. The Morgan fingerprint density at radius 3 is 2.43 bits per heavy atom. The Kier molecular flexibility index (Phi) is 5.11. The topological polar surface area (TPSA) is 89.7 Å². The van der Waals surface area contributed by atoms with Gasteiger partial charge in [-0.2, -0.15) is 0 Å². The van der Waals surface area contributed by atoms with Crippen molar-refractivity contribution in [3.63, 3.8) is 0 Å². The number of hydrogen-bond donors (Lipinski definition) is 1. The quantitative estimate of drug-likeness (QED) is 0.807. The van der Waals surface area contributed by atoms with E-state index in [1.165, 1.54) is 13.2 Å². The zero-order valence-electron chi connectivity index (χ0n) is 13.6. The molecule has 0 bridgehead atoms. The van der Waals surface area contributed by atoms with E-state index in [1.54, 1.807) is 6.07 Å². The molecule has 1 aromatic rings. The van der Waals surface area contributed by atoms with Crippen molar-refractivity contribution in [3.05, 3.63) is 28.2 Å². The summed E-state index contributed by atoms with van der Waals surface area (Å²) < 4.78 is 30.2. The summed E-state index contributed by atoms with van der Waals surface area (Å²) in [6.45, 7) is 6.86. The molecule has 0 fully saturated rings. The summed E-state index contributed by atoms with van der Waals surface area (Å²) in [5, 5.41) is 0. The molecule has 1 amide bonds. The number of carbonyl (C=O) groups is 1. The van der Waals surface area contributed by atoms with E-state index in [2.05, 4.69) is 18.7 Å². The number of benzene rings is 1. The lowest BCUT2D eigenvalue weighted by Gasteiger charge is -2.18. The van der Waals surface area contributed by atoms with Crippen molar-refractivity contribution in [1.29, 1.82) is 0 Å². The fourth-order valence-corrected chi connectivity index (χ4v) is 4.22. The molecule has 6 nitrogen and oxygen atoms in total. The molecule has 0 aromatic heterocycles. The maximum atomic E-state index is 12.5. The van der Waals surface area contributed by atoms with E-state index in [-0.39, 0.29) is 9.80 Å². The molecule has 0 saturated carbocycles. The normalized spacial score (nSPS) is 15.4. The highest BCUT2D eigenvalue weighted by molar-refractivity contribution is 7.96. The minimum Gasteiger partial charge on any atom is -0.496 e. The van der Waals surface area contributed by atoms with Crippen LogP contribution < -0.4 is 10.5 Å². The van der Waals surface area contributed by atoms with Crippen molar-refractivity contribution in [2.75, 3.05) is 26.7 Å². The average molecular weight is 338 g/mol. The molecule has 7 heteroatoms. The van der Waals surface area contributed by atoms with Crippen LogP contribution in [0.4, 0.5) is 0 Å². The molecule has 0 unspecified atom stereocenters. The predicted octanol–water partition coefficient (Wildman–Crippen LogP) is 1.19. The van der Waals surface area contributed by atoms with Crippen molar-refractivity contribution < 1.29 is 17.9 Å². The van der Waals surface area contributed by atoms with Crippen LogP contribution in [0, 0.1) is 0 Å². The van der Waals surface area contributed by atoms with Crippen molar-refractivity contribution in [2.24, 2.45) is 5.73 Å². The number of nitrogens with zero attached hydrogens (tertiary/aromatic N) is 1. The monoisotopic (exact) mass is 338 g/mol. The van der Waals surface area contributed by atoms with E-state index in [0.29, 0.717) is 17.7 Å². The molecule has 0 radical (unpaired) electrons. The highest BCUT2D eigenvalue weighted by atomic mass is 32.2. The van der Waals surface area contributed by atoms with E-state index in [4.69, 9.17) is 10.5 Å². The highest BCUT2D eigenvalue weighted by Crippen LogP contribution is 2.39. The van der Waals surface area contributed by atoms with Crippen LogP contribution in [-0.4, -0.2) is 46.0 Å². The summed E-state index contributed by atoms with van der Waals surface area (Å²) in [5.74, 6) is -0.509. The molecule has 0 spiro atoms. The molecule has 0 saturated heterocycles. The number of likely N-dealkylation sites (N-methyl/N-ethyl adjacent to an activating group) is 1. The summed E-state index contributed by atoms with van der Waals surface area (Å²) in [7, 11) is -2.38. The number of rotatable bonds is 7. The minimum absolute atomic E-state index is 0.0974. The van der Waals surface area contributed by atoms with Crippen LogP contribution in [0.15, 0.2) is 21.9 Å². The van der Waals surface area contributed by atoms with Crippen molar-refractivity contribution in [3.8, 4) is 5.75 Å². The number of nitrogens with two attached hydrogens (primary N) is 1. The number of ether oxygens (including phenoxy) is 1. The molecular formula is C16H22N2O4S. The lowest BCUT2D eigenvalue weighted by atomic mass is 10.1. The molecule has 2 rings (SSSR count). The zero-order chi connectivity index (χ0) is 17.2. The van der Waals surface area contributed by atoms with E-state index in [0.717, 1.165) is 25.2 Å². The fourth-order valence-electron chi connectivity index (χ4n) is 2.69. The number of methoxy groups -OCH3 is 1. The Balaban J connectivity index is 2.42. The van der Waals surface area contributed by atoms with Crippen molar-refractivity contribution in [1.82, 2.24) is 4.90 Å². The van der Waals surface area contributed by atoms with Gasteiger partial charge in [0.1, 0.15) is 10.7 Å². The number of primary amides is 1. The number of hydrogen-bond acceptors (Lipinski definition) is 5. The smallest absolute Gasteiger partial charge is 0.260 e. The third-order valence-electron chi connectivity index (χ3n) is 4.09. The standard InChI is InChI=1S/C16H22N2O4S/c1-4-18(5-2)7-6-11-8-13(22-3)12-10-15(16(17)19)23(20,21)14(12)9-11/h8-10H,4-7H2,1-3H3,(H2,17,19). The summed E-state index contributed by atoms with van der Waals surface area (Å²) in [6.07, 6.45) is 1.99. The lowest BCUT2D eigenvalue weighted by molar-refractivity contribution is -0.113. The summed E-state index contributed by atoms with van der Waals surface area (Å²) in [6, 6.07) is 3.43. The lowest BCUT2D eigenvalue weighted by Crippen LogP contribution is -2.25. The van der Waals surface area contributed by atoms with Crippen LogP contribution in [0.25, 0.3) is 6.08 Å². The van der Waals surface area contributed by atoms with Gasteiger partial charge in [0.15, 0.2) is 0 Å². The second-order valence-electron chi connectivity index (χ2n) is 5.36. The number of sulfone groups is 1. The molecule has 1 aliphatic heterocycles. The largest absolute Gasteiger partial charge is 0.496 e. The second kappa shape index (κ2) is 6.72. The summed E-state index contributed by atoms with van der Waals surface area (Å²) in [4.78, 5) is 13.4. The van der Waals surface area contributed by atoms with Crippen LogP contribution in [0.2, 0.25) is 0 Å². The Bertz CT molecular complexity index is 750. The van der Waals surface area contributed by atoms with Gasteiger partial charge < -0.3 is 15.4 Å². The maximum Gasteiger partial charge on any atom is 0.260 e. The van der Waals surface area contributed by atoms with Gasteiger partial charge in [-0.15, -0.1) is 0 Å². The van der Waals surface area contributed by atoms with Gasteiger partial charge in [0.25, 0.3) is 5.91 Å². The minimum atomic E-state index is -3.86. The first-order valence-corrected chi connectivity index (χ1v) is 9.03. The highest BCUT2D eigenvalue weighted by Gasteiger charge is 2.35. The van der Waals surface area contributed by atoms with Gasteiger partial charge in [-0.25, -0.2) is 8.42 Å². The van der Waals surface area contributed by atoms with Gasteiger partial charge in [0.2, 0.25) is 9.84 Å². The van der Waals surface area contributed by atoms with Gasteiger partial charge in [0, 0.05) is 12.1 Å². The molecule has 0 aliphatic carbocycles. The van der Waals surface area contributed by atoms with Crippen LogP contribution in [0.5, 0.6) is 5.75 Å². The number of fused-ring (bicyclic) bond motifs is 1. The molecule has 1 aromatic carbocycles. The maximum absolute atomic E-state index is 12.5. The van der Waals surface area contributed by atoms with E-state index in [1.807, 2.05) is 6.07 Å². The molecule has 126 valence electrons. The van der Waals surface area contributed by atoms with Gasteiger partial charge in [-0.3, -0.25) is 4.79 Å². The Hall–Kier alpha value is -1.86. The van der Waals surface area contributed by atoms with Gasteiger partial charge in [0.05, 0.1) is 12.0 Å². The van der Waals surface area contributed by atoms with Crippen LogP contribution in [-0.2, 0) is 21.1 Å². The van der Waals surface area contributed by atoms with Crippen molar-refractivity contribution >= 4 is 21.8 Å². The van der Waals surface area contributed by atoms with E-state index < -0.39 is 15.7 Å². The fraction of sp³-hybridized carbons (Fsp3) is 0.438. The Morgan fingerprint density at radius 2 is 1.91 bits per heavy atom. The molecule has 23 heavy (non-hydrogen) atoms. The predicted molar refractivity (Wildman–Crippen MR) is 88.8 cm³/mol. The third-order valence-corrected chi connectivity index (χ3v) is 5.91. The molecule has 1 aliphatic rings. The van der Waals surface area contributed by atoms with Gasteiger partial charge in [-0.1, -0.05) is 13.8 Å². The van der Waals surface area contributed by atoms with Crippen LogP contribution in [0.1, 0.15) is 25.0 Å². The zero-order valence-corrected chi connectivity index (χ0v) is 14.4. The SMILES string of the molecule is CCN(CC)CCc1cc(OC)c2c(c1)S(=O)(=O)C(C(N)=O)=C2. The second-order valence-corrected chi connectivity index (χ2v) is 7.25. The molecular weight excluding hydrogens is 316 g/mol. The first kappa shape index (κ1) is 17.5. The first-order valence-electron chi connectivity index (χ1n) is 7.55. The van der Waals surface area contributed by atoms with Crippen molar-refractivity contribution in [2.45, 2.75) is 25.2 Å². The number of amides is 1. The average Bonchev–Trinajstić information content (AvgIpc) is 2.79. The third kappa shape index (κ3) is 3.25. The van der Waals surface area contributed by atoms with Crippen LogP contribution in [0.3, 0.4) is 0 Å². The Labute approximate surface area is 136 Å². The Morgan fingerprint density at radius 1 is 1.26 bits per heavy atom. The molecule has 2 N–H and O–H groups in total. The first-order chi connectivity index (χ1) is 10.8. The van der Waals surface area contributed by atoms with Gasteiger partial charge >= 0.3 is 0 Å². The molecule has 0 atom stereocenters. The summed E-state index contributed by atoms with van der Waals surface area (Å²) >= 11 is 0.